The molecule has 3 nitrogen and oxygen atoms in total. The van der Waals surface area contributed by atoms with E-state index in [2.05, 4.69) is 35.6 Å². The zero-order valence-electron chi connectivity index (χ0n) is 13.4. The van der Waals surface area contributed by atoms with E-state index in [4.69, 9.17) is 0 Å². The lowest BCUT2D eigenvalue weighted by Crippen LogP contribution is -2.24. The number of nitrogens with one attached hydrogen (secondary N) is 1. The second-order valence-electron chi connectivity index (χ2n) is 6.78. The van der Waals surface area contributed by atoms with Gasteiger partial charge in [-0.1, -0.05) is 33.6 Å². The molecule has 0 spiro atoms. The van der Waals surface area contributed by atoms with Gasteiger partial charge in [0.2, 0.25) is 0 Å². The molecule has 0 amide bonds. The maximum Gasteiger partial charge on any atom is 0.0951 e. The van der Waals surface area contributed by atoms with Gasteiger partial charge < -0.3 is 9.88 Å². The summed E-state index contributed by atoms with van der Waals surface area (Å²) in [7, 11) is 0. The van der Waals surface area contributed by atoms with Crippen LogP contribution in [0.2, 0.25) is 0 Å². The minimum absolute atomic E-state index is 0.682. The molecular weight excluding hydrogens is 246 g/mol. The Kier molecular flexibility index (Phi) is 6.08. The third-order valence-corrected chi connectivity index (χ3v) is 4.51. The maximum absolute atomic E-state index is 4.37. The summed E-state index contributed by atoms with van der Waals surface area (Å²) in [6.45, 7) is 8.83. The van der Waals surface area contributed by atoms with Crippen LogP contribution in [0.3, 0.4) is 0 Å². The lowest BCUT2D eigenvalue weighted by Gasteiger charge is -2.30. The van der Waals surface area contributed by atoms with Gasteiger partial charge >= 0.3 is 0 Å². The molecule has 1 aromatic rings. The van der Waals surface area contributed by atoms with Crippen molar-refractivity contribution in [1.29, 1.82) is 0 Å². The molecule has 1 fully saturated rings. The van der Waals surface area contributed by atoms with Crippen LogP contribution in [0.5, 0.6) is 0 Å². The topological polar surface area (TPSA) is 29.9 Å². The summed E-state index contributed by atoms with van der Waals surface area (Å²) in [4.78, 5) is 4.37. The van der Waals surface area contributed by atoms with Gasteiger partial charge in [-0.3, -0.25) is 0 Å². The highest BCUT2D eigenvalue weighted by atomic mass is 15.1. The van der Waals surface area contributed by atoms with E-state index in [1.807, 2.05) is 12.5 Å². The first-order valence-electron chi connectivity index (χ1n) is 8.42. The van der Waals surface area contributed by atoms with Crippen molar-refractivity contribution < 1.29 is 0 Å². The zero-order chi connectivity index (χ0) is 14.4. The Bertz CT molecular complexity index is 375. The number of aromatic nitrogens is 2. The Balaban J connectivity index is 1.85. The molecule has 1 aromatic heterocycles. The van der Waals surface area contributed by atoms with E-state index in [0.717, 1.165) is 19.0 Å². The van der Waals surface area contributed by atoms with Crippen molar-refractivity contribution in [3.8, 4) is 0 Å². The number of hydrogen-bond donors (Lipinski definition) is 1. The molecule has 2 rings (SSSR count). The molecule has 0 atom stereocenters. The third-order valence-electron chi connectivity index (χ3n) is 4.51. The molecule has 0 radical (unpaired) electrons. The van der Waals surface area contributed by atoms with Gasteiger partial charge in [0.25, 0.3) is 0 Å². The van der Waals surface area contributed by atoms with E-state index < -0.39 is 0 Å². The highest BCUT2D eigenvalue weighted by Gasteiger charge is 2.22. The van der Waals surface area contributed by atoms with E-state index >= 15 is 0 Å². The maximum atomic E-state index is 4.37. The molecule has 1 aliphatic carbocycles. The molecule has 20 heavy (non-hydrogen) atoms. The van der Waals surface area contributed by atoms with Crippen LogP contribution in [0, 0.1) is 11.8 Å². The van der Waals surface area contributed by atoms with Gasteiger partial charge in [0.1, 0.15) is 0 Å². The summed E-state index contributed by atoms with van der Waals surface area (Å²) in [6.07, 6.45) is 12.3. The van der Waals surface area contributed by atoms with Crippen LogP contribution in [0.4, 0.5) is 0 Å². The fraction of sp³-hybridized carbons (Fsp3) is 0.824. The Morgan fingerprint density at radius 1 is 1.30 bits per heavy atom. The van der Waals surface area contributed by atoms with Gasteiger partial charge in [0.05, 0.1) is 12.0 Å². The van der Waals surface area contributed by atoms with Gasteiger partial charge in [-0.15, -0.1) is 0 Å². The average Bonchev–Trinajstić information content (AvgIpc) is 2.88. The van der Waals surface area contributed by atoms with Crippen molar-refractivity contribution >= 4 is 0 Å². The first kappa shape index (κ1) is 15.6. The van der Waals surface area contributed by atoms with Crippen molar-refractivity contribution in [2.24, 2.45) is 11.8 Å². The fourth-order valence-corrected chi connectivity index (χ4v) is 3.41. The van der Waals surface area contributed by atoms with Gasteiger partial charge in [-0.25, -0.2) is 4.98 Å². The third kappa shape index (κ3) is 4.34. The Hall–Kier alpha value is -0.830. The molecule has 1 heterocycles. The molecule has 0 saturated heterocycles. The largest absolute Gasteiger partial charge is 0.330 e. The van der Waals surface area contributed by atoms with Crippen LogP contribution in [0.15, 0.2) is 12.5 Å². The second-order valence-corrected chi connectivity index (χ2v) is 6.78. The standard InChI is InChI=1S/C17H31N3/c1-4-5-15-6-8-16(9-7-15)20-13-19-12-17(20)11-18-10-14(2)3/h12-16,18H,4-11H2,1-3H3. The second kappa shape index (κ2) is 7.82. The molecule has 3 heteroatoms. The summed E-state index contributed by atoms with van der Waals surface area (Å²) in [5, 5.41) is 3.53. The first-order valence-corrected chi connectivity index (χ1v) is 8.42. The van der Waals surface area contributed by atoms with Crippen LogP contribution in [0.25, 0.3) is 0 Å². The summed E-state index contributed by atoms with van der Waals surface area (Å²) in [6, 6.07) is 0.682. The van der Waals surface area contributed by atoms with Gasteiger partial charge in [0, 0.05) is 18.8 Å². The molecule has 1 N–H and O–H groups in total. The summed E-state index contributed by atoms with van der Waals surface area (Å²) >= 11 is 0. The molecule has 0 aliphatic heterocycles. The van der Waals surface area contributed by atoms with Crippen molar-refractivity contribution in [3.63, 3.8) is 0 Å². The molecule has 0 bridgehead atoms. The molecular formula is C17H31N3. The monoisotopic (exact) mass is 277 g/mol. The van der Waals surface area contributed by atoms with Crippen molar-refractivity contribution in [2.45, 2.75) is 71.9 Å². The lowest BCUT2D eigenvalue weighted by atomic mass is 9.83. The van der Waals surface area contributed by atoms with Crippen molar-refractivity contribution in [2.75, 3.05) is 6.54 Å². The summed E-state index contributed by atoms with van der Waals surface area (Å²) < 4.78 is 2.43. The summed E-state index contributed by atoms with van der Waals surface area (Å²) in [5.41, 5.74) is 1.35. The lowest BCUT2D eigenvalue weighted by molar-refractivity contribution is 0.258. The number of rotatable bonds is 7. The summed E-state index contributed by atoms with van der Waals surface area (Å²) in [5.74, 6) is 1.68. The molecule has 1 saturated carbocycles. The molecule has 0 unspecified atom stereocenters. The quantitative estimate of drug-likeness (QED) is 0.811. The molecule has 1 aliphatic rings. The van der Waals surface area contributed by atoms with Gasteiger partial charge in [0.15, 0.2) is 0 Å². The minimum Gasteiger partial charge on any atom is -0.330 e. The fourth-order valence-electron chi connectivity index (χ4n) is 3.41. The average molecular weight is 277 g/mol. The highest BCUT2D eigenvalue weighted by Crippen LogP contribution is 2.34. The van der Waals surface area contributed by atoms with Crippen molar-refractivity contribution in [3.05, 3.63) is 18.2 Å². The van der Waals surface area contributed by atoms with Crippen LogP contribution < -0.4 is 5.32 Å². The van der Waals surface area contributed by atoms with E-state index in [1.54, 1.807) is 0 Å². The number of imidazole rings is 1. The van der Waals surface area contributed by atoms with Crippen LogP contribution >= 0.6 is 0 Å². The molecule has 0 aromatic carbocycles. The predicted molar refractivity (Wildman–Crippen MR) is 84.7 cm³/mol. The van der Waals surface area contributed by atoms with Crippen LogP contribution in [0.1, 0.15) is 71.0 Å². The Morgan fingerprint density at radius 3 is 2.70 bits per heavy atom. The highest BCUT2D eigenvalue weighted by molar-refractivity contribution is 5.01. The number of nitrogens with zero attached hydrogens (tertiary/aromatic N) is 2. The zero-order valence-corrected chi connectivity index (χ0v) is 13.4. The SMILES string of the molecule is CCCC1CCC(n2cncc2CNCC(C)C)CC1. The Labute approximate surface area is 124 Å². The van der Waals surface area contributed by atoms with Crippen molar-refractivity contribution in [1.82, 2.24) is 14.9 Å². The van der Waals surface area contributed by atoms with E-state index in [9.17, 15) is 0 Å². The van der Waals surface area contributed by atoms with Gasteiger partial charge in [-0.2, -0.15) is 0 Å². The smallest absolute Gasteiger partial charge is 0.0951 e. The predicted octanol–water partition coefficient (Wildman–Crippen LogP) is 4.16. The Morgan fingerprint density at radius 2 is 2.05 bits per heavy atom. The van der Waals surface area contributed by atoms with E-state index in [1.165, 1.54) is 44.2 Å². The molecule has 114 valence electrons. The first-order chi connectivity index (χ1) is 9.70. The van der Waals surface area contributed by atoms with Gasteiger partial charge in [-0.05, 0) is 44.1 Å². The van der Waals surface area contributed by atoms with Crippen LogP contribution in [-0.2, 0) is 6.54 Å². The van der Waals surface area contributed by atoms with Crippen LogP contribution in [-0.4, -0.2) is 16.1 Å². The van der Waals surface area contributed by atoms with E-state index in [0.29, 0.717) is 12.0 Å². The van der Waals surface area contributed by atoms with E-state index in [-0.39, 0.29) is 0 Å². The number of hydrogen-bond acceptors (Lipinski definition) is 2. The minimum atomic E-state index is 0.682. The normalized spacial score (nSPS) is 23.4.